The molecule has 1 rings (SSSR count). The summed E-state index contributed by atoms with van der Waals surface area (Å²) in [5.41, 5.74) is 7.31. The van der Waals surface area contributed by atoms with Gasteiger partial charge >= 0.3 is 0 Å². The van der Waals surface area contributed by atoms with Crippen LogP contribution in [0, 0.1) is 12.8 Å². The molecule has 2 N–H and O–H groups in total. The van der Waals surface area contributed by atoms with Crippen molar-refractivity contribution < 1.29 is 0 Å². The lowest BCUT2D eigenvalue weighted by atomic mass is 9.97. The van der Waals surface area contributed by atoms with E-state index in [1.807, 2.05) is 6.92 Å². The molecule has 2 unspecified atom stereocenters. The first-order chi connectivity index (χ1) is 7.06. The summed E-state index contributed by atoms with van der Waals surface area (Å²) in [5, 5.41) is 2.96. The molecule has 0 aromatic carbocycles. The molecule has 1 aromatic rings. The molecule has 0 fully saturated rings. The van der Waals surface area contributed by atoms with Gasteiger partial charge in [0.05, 0.1) is 5.02 Å². The zero-order valence-corrected chi connectivity index (χ0v) is 11.3. The third-order valence-electron chi connectivity index (χ3n) is 2.70. The molecule has 0 saturated heterocycles. The second kappa shape index (κ2) is 5.88. The number of hydrogen-bond acceptors (Lipinski definition) is 2. The molecule has 0 radical (unpaired) electrons. The first-order valence-electron chi connectivity index (χ1n) is 5.55. The highest BCUT2D eigenvalue weighted by Gasteiger charge is 2.16. The van der Waals surface area contributed by atoms with Gasteiger partial charge in [0.15, 0.2) is 0 Å². The first-order valence-corrected chi connectivity index (χ1v) is 6.81. The van der Waals surface area contributed by atoms with Crippen molar-refractivity contribution in [1.29, 1.82) is 0 Å². The minimum Gasteiger partial charge on any atom is -0.323 e. The third kappa shape index (κ3) is 3.47. The maximum atomic E-state index is 6.19. The zero-order chi connectivity index (χ0) is 11.4. The van der Waals surface area contributed by atoms with Gasteiger partial charge in [-0.05, 0) is 30.2 Å². The van der Waals surface area contributed by atoms with Crippen LogP contribution in [0.15, 0.2) is 5.38 Å². The summed E-state index contributed by atoms with van der Waals surface area (Å²) in [5.74, 6) is 0.684. The van der Waals surface area contributed by atoms with E-state index in [9.17, 15) is 0 Å². The van der Waals surface area contributed by atoms with E-state index in [4.69, 9.17) is 17.3 Å². The summed E-state index contributed by atoms with van der Waals surface area (Å²) in [4.78, 5) is 1.15. The number of hydrogen-bond donors (Lipinski definition) is 1. The average molecular weight is 246 g/mol. The molecule has 3 heteroatoms. The second-order valence-corrected chi connectivity index (χ2v) is 5.62. The SMILES string of the molecule is CCCC(C)CC(N)c1scc(C)c1Cl. The molecule has 1 heterocycles. The van der Waals surface area contributed by atoms with Gasteiger partial charge in [0.25, 0.3) is 0 Å². The summed E-state index contributed by atoms with van der Waals surface area (Å²) in [6, 6.07) is 0.109. The highest BCUT2D eigenvalue weighted by atomic mass is 35.5. The van der Waals surface area contributed by atoms with Crippen LogP contribution in [0.4, 0.5) is 0 Å². The summed E-state index contributed by atoms with van der Waals surface area (Å²) in [6.07, 6.45) is 3.51. The number of halogens is 1. The molecule has 0 saturated carbocycles. The molecule has 0 aliphatic heterocycles. The van der Waals surface area contributed by atoms with E-state index in [0.717, 1.165) is 21.9 Å². The number of rotatable bonds is 5. The molecule has 1 aromatic heterocycles. The van der Waals surface area contributed by atoms with Crippen LogP contribution in [-0.2, 0) is 0 Å². The summed E-state index contributed by atoms with van der Waals surface area (Å²) < 4.78 is 0. The largest absolute Gasteiger partial charge is 0.323 e. The number of nitrogens with two attached hydrogens (primary N) is 1. The van der Waals surface area contributed by atoms with Gasteiger partial charge in [-0.15, -0.1) is 11.3 Å². The predicted molar refractivity (Wildman–Crippen MR) is 69.7 cm³/mol. The standard InChI is InChI=1S/C12H20ClNS/c1-4-5-8(2)6-10(14)12-11(13)9(3)7-15-12/h7-8,10H,4-6,14H2,1-3H3. The van der Waals surface area contributed by atoms with Crippen LogP contribution >= 0.6 is 22.9 Å². The van der Waals surface area contributed by atoms with Gasteiger partial charge in [-0.2, -0.15) is 0 Å². The Balaban J connectivity index is 2.60. The minimum absolute atomic E-state index is 0.109. The number of aryl methyl sites for hydroxylation is 1. The van der Waals surface area contributed by atoms with Crippen molar-refractivity contribution in [2.24, 2.45) is 11.7 Å². The molecule has 0 aliphatic carbocycles. The van der Waals surface area contributed by atoms with E-state index in [1.54, 1.807) is 11.3 Å². The Morgan fingerprint density at radius 3 is 2.67 bits per heavy atom. The first kappa shape index (κ1) is 13.0. The predicted octanol–water partition coefficient (Wildman–Crippen LogP) is 4.54. The van der Waals surface area contributed by atoms with Crippen LogP contribution in [-0.4, -0.2) is 0 Å². The third-order valence-corrected chi connectivity index (χ3v) is 4.55. The zero-order valence-electron chi connectivity index (χ0n) is 9.72. The van der Waals surface area contributed by atoms with E-state index in [-0.39, 0.29) is 6.04 Å². The summed E-state index contributed by atoms with van der Waals surface area (Å²) >= 11 is 7.88. The van der Waals surface area contributed by atoms with Gasteiger partial charge in [0.1, 0.15) is 0 Å². The second-order valence-electron chi connectivity index (χ2n) is 4.33. The van der Waals surface area contributed by atoms with Crippen molar-refractivity contribution in [2.75, 3.05) is 0 Å². The van der Waals surface area contributed by atoms with Crippen molar-refractivity contribution in [3.63, 3.8) is 0 Å². The maximum Gasteiger partial charge on any atom is 0.0590 e. The van der Waals surface area contributed by atoms with E-state index < -0.39 is 0 Å². The fraction of sp³-hybridized carbons (Fsp3) is 0.667. The molecule has 2 atom stereocenters. The Morgan fingerprint density at radius 2 is 2.20 bits per heavy atom. The van der Waals surface area contributed by atoms with Crippen LogP contribution in [0.3, 0.4) is 0 Å². The molecule has 1 nitrogen and oxygen atoms in total. The van der Waals surface area contributed by atoms with Crippen molar-refractivity contribution in [2.45, 2.75) is 46.1 Å². The van der Waals surface area contributed by atoms with Crippen molar-refractivity contribution in [3.05, 3.63) is 20.8 Å². The lowest BCUT2D eigenvalue weighted by molar-refractivity contribution is 0.443. The molecule has 0 bridgehead atoms. The van der Waals surface area contributed by atoms with Gasteiger partial charge in [-0.25, -0.2) is 0 Å². The van der Waals surface area contributed by atoms with Crippen LogP contribution in [0.1, 0.15) is 49.6 Å². The molecule has 0 amide bonds. The van der Waals surface area contributed by atoms with Gasteiger partial charge in [0.2, 0.25) is 0 Å². The van der Waals surface area contributed by atoms with Crippen LogP contribution < -0.4 is 5.73 Å². The van der Waals surface area contributed by atoms with Crippen molar-refractivity contribution >= 4 is 22.9 Å². The molecular weight excluding hydrogens is 226 g/mol. The van der Waals surface area contributed by atoms with Crippen molar-refractivity contribution in [3.8, 4) is 0 Å². The van der Waals surface area contributed by atoms with E-state index >= 15 is 0 Å². The van der Waals surface area contributed by atoms with E-state index in [1.165, 1.54) is 12.8 Å². The molecule has 15 heavy (non-hydrogen) atoms. The van der Waals surface area contributed by atoms with Crippen molar-refractivity contribution in [1.82, 2.24) is 0 Å². The smallest absolute Gasteiger partial charge is 0.0590 e. The van der Waals surface area contributed by atoms with Crippen LogP contribution in [0.5, 0.6) is 0 Å². The lowest BCUT2D eigenvalue weighted by Gasteiger charge is -2.16. The highest BCUT2D eigenvalue weighted by Crippen LogP contribution is 2.34. The Kier molecular flexibility index (Phi) is 5.10. The van der Waals surface area contributed by atoms with Gasteiger partial charge < -0.3 is 5.73 Å². The molecular formula is C12H20ClNS. The quantitative estimate of drug-likeness (QED) is 0.810. The Morgan fingerprint density at radius 1 is 1.53 bits per heavy atom. The monoisotopic (exact) mass is 245 g/mol. The van der Waals surface area contributed by atoms with Gasteiger partial charge in [0, 0.05) is 10.9 Å². The number of thiophene rings is 1. The van der Waals surface area contributed by atoms with Gasteiger partial charge in [-0.1, -0.05) is 38.3 Å². The molecule has 0 aliphatic rings. The average Bonchev–Trinajstić information content (AvgIpc) is 2.48. The Labute approximate surface area is 102 Å². The summed E-state index contributed by atoms with van der Waals surface area (Å²) in [7, 11) is 0. The highest BCUT2D eigenvalue weighted by molar-refractivity contribution is 7.10. The fourth-order valence-electron chi connectivity index (χ4n) is 1.85. The maximum absolute atomic E-state index is 6.19. The Hall–Kier alpha value is -0.0500. The lowest BCUT2D eigenvalue weighted by Crippen LogP contribution is -2.13. The van der Waals surface area contributed by atoms with E-state index in [2.05, 4.69) is 19.2 Å². The van der Waals surface area contributed by atoms with Crippen LogP contribution in [0.2, 0.25) is 5.02 Å². The summed E-state index contributed by atoms with van der Waals surface area (Å²) in [6.45, 7) is 6.51. The minimum atomic E-state index is 0.109. The normalized spacial score (nSPS) is 15.3. The fourth-order valence-corrected chi connectivity index (χ4v) is 3.20. The Bertz CT molecular complexity index is 309. The van der Waals surface area contributed by atoms with Crippen LogP contribution in [0.25, 0.3) is 0 Å². The molecule has 86 valence electrons. The van der Waals surface area contributed by atoms with E-state index in [0.29, 0.717) is 5.92 Å². The van der Waals surface area contributed by atoms with Gasteiger partial charge in [-0.3, -0.25) is 0 Å². The molecule has 0 spiro atoms. The topological polar surface area (TPSA) is 26.0 Å².